The number of nitrogens with one attached hydrogen (secondary N) is 1. The fraction of sp³-hybridized carbons (Fsp3) is 0.385. The molecule has 0 amide bonds. The molecule has 80 valence electrons. The fourth-order valence-corrected chi connectivity index (χ4v) is 1.97. The van der Waals surface area contributed by atoms with Crippen molar-refractivity contribution in [3.8, 4) is 12.3 Å². The molecule has 0 aromatic heterocycles. The van der Waals surface area contributed by atoms with Crippen LogP contribution >= 0.6 is 11.6 Å². The number of terminal acetylenes is 1. The topological polar surface area (TPSA) is 12.0 Å². The Morgan fingerprint density at radius 2 is 2.20 bits per heavy atom. The van der Waals surface area contributed by atoms with Crippen LogP contribution in [0.25, 0.3) is 0 Å². The van der Waals surface area contributed by atoms with Gasteiger partial charge in [0.15, 0.2) is 0 Å². The monoisotopic (exact) mass is 221 g/mol. The average Bonchev–Trinajstić information content (AvgIpc) is 2.17. The van der Waals surface area contributed by atoms with Gasteiger partial charge < -0.3 is 5.32 Å². The third kappa shape index (κ3) is 3.58. The van der Waals surface area contributed by atoms with Gasteiger partial charge in [0.25, 0.3) is 0 Å². The number of halogens is 1. The Morgan fingerprint density at radius 3 is 2.73 bits per heavy atom. The number of aryl methyl sites for hydroxylation is 1. The van der Waals surface area contributed by atoms with E-state index < -0.39 is 0 Å². The zero-order valence-corrected chi connectivity index (χ0v) is 9.93. The molecule has 0 bridgehead atoms. The lowest BCUT2D eigenvalue weighted by Gasteiger charge is -2.16. The Hall–Kier alpha value is -0.970. The SMILES string of the molecule is C#CCCC(NC)c1cc(C)cc(Cl)c1. The molecule has 1 aromatic rings. The van der Waals surface area contributed by atoms with Crippen molar-refractivity contribution in [2.24, 2.45) is 0 Å². The molecule has 15 heavy (non-hydrogen) atoms. The highest BCUT2D eigenvalue weighted by Crippen LogP contribution is 2.23. The summed E-state index contributed by atoms with van der Waals surface area (Å²) in [6, 6.07) is 6.38. The van der Waals surface area contributed by atoms with Crippen LogP contribution < -0.4 is 5.32 Å². The van der Waals surface area contributed by atoms with E-state index in [9.17, 15) is 0 Å². The van der Waals surface area contributed by atoms with Crippen LogP contribution in [0.5, 0.6) is 0 Å². The summed E-state index contributed by atoms with van der Waals surface area (Å²) >= 11 is 6.02. The summed E-state index contributed by atoms with van der Waals surface area (Å²) in [6.07, 6.45) is 6.98. The molecular weight excluding hydrogens is 206 g/mol. The van der Waals surface area contributed by atoms with Gasteiger partial charge in [-0.05, 0) is 43.7 Å². The molecular formula is C13H16ClN. The summed E-state index contributed by atoms with van der Waals surface area (Å²) in [6.45, 7) is 2.04. The van der Waals surface area contributed by atoms with Gasteiger partial charge in [-0.25, -0.2) is 0 Å². The molecule has 0 aliphatic rings. The minimum absolute atomic E-state index is 0.290. The maximum Gasteiger partial charge on any atom is 0.0411 e. The molecule has 0 aliphatic carbocycles. The quantitative estimate of drug-likeness (QED) is 0.770. The van der Waals surface area contributed by atoms with Gasteiger partial charge in [0.2, 0.25) is 0 Å². The van der Waals surface area contributed by atoms with Crippen molar-refractivity contribution in [2.75, 3.05) is 7.05 Å². The first-order chi connectivity index (χ1) is 7.17. The van der Waals surface area contributed by atoms with E-state index in [0.29, 0.717) is 6.04 Å². The maximum absolute atomic E-state index is 6.02. The first-order valence-corrected chi connectivity index (χ1v) is 5.43. The molecule has 0 saturated heterocycles. The van der Waals surface area contributed by atoms with Crippen molar-refractivity contribution in [1.29, 1.82) is 0 Å². The first kappa shape index (κ1) is 12.1. The summed E-state index contributed by atoms with van der Waals surface area (Å²) in [5, 5.41) is 4.04. The van der Waals surface area contributed by atoms with Crippen LogP contribution in [0.4, 0.5) is 0 Å². The Balaban J connectivity index is 2.87. The highest BCUT2D eigenvalue weighted by atomic mass is 35.5. The van der Waals surface area contributed by atoms with Crippen LogP contribution in [-0.2, 0) is 0 Å². The van der Waals surface area contributed by atoms with E-state index in [1.807, 2.05) is 26.1 Å². The van der Waals surface area contributed by atoms with Gasteiger partial charge in [-0.15, -0.1) is 12.3 Å². The van der Waals surface area contributed by atoms with Crippen LogP contribution in [0.1, 0.15) is 30.0 Å². The van der Waals surface area contributed by atoms with Crippen LogP contribution in [-0.4, -0.2) is 7.05 Å². The molecule has 2 heteroatoms. The predicted molar refractivity (Wildman–Crippen MR) is 66.1 cm³/mol. The first-order valence-electron chi connectivity index (χ1n) is 5.05. The molecule has 1 nitrogen and oxygen atoms in total. The van der Waals surface area contributed by atoms with Crippen molar-refractivity contribution in [1.82, 2.24) is 5.32 Å². The van der Waals surface area contributed by atoms with Gasteiger partial charge in [0, 0.05) is 17.5 Å². The van der Waals surface area contributed by atoms with E-state index >= 15 is 0 Å². The lowest BCUT2D eigenvalue weighted by Crippen LogP contribution is -2.16. The average molecular weight is 222 g/mol. The van der Waals surface area contributed by atoms with Crippen molar-refractivity contribution in [3.63, 3.8) is 0 Å². The van der Waals surface area contributed by atoms with Crippen LogP contribution in [0.15, 0.2) is 18.2 Å². The highest BCUT2D eigenvalue weighted by Gasteiger charge is 2.09. The van der Waals surface area contributed by atoms with E-state index in [1.165, 1.54) is 11.1 Å². The fourth-order valence-electron chi connectivity index (χ4n) is 1.67. The Kier molecular flexibility index (Phi) is 4.68. The molecule has 0 heterocycles. The number of hydrogen-bond donors (Lipinski definition) is 1. The number of benzene rings is 1. The highest BCUT2D eigenvalue weighted by molar-refractivity contribution is 6.30. The van der Waals surface area contributed by atoms with Gasteiger partial charge in [0.1, 0.15) is 0 Å². The lowest BCUT2D eigenvalue weighted by atomic mass is 10.0. The molecule has 1 atom stereocenters. The Morgan fingerprint density at radius 1 is 1.47 bits per heavy atom. The molecule has 0 spiro atoms. The number of hydrogen-bond acceptors (Lipinski definition) is 1. The molecule has 1 rings (SSSR count). The summed E-state index contributed by atoms with van der Waals surface area (Å²) in [5.74, 6) is 2.66. The number of rotatable bonds is 4. The van der Waals surface area contributed by atoms with Gasteiger partial charge in [-0.3, -0.25) is 0 Å². The summed E-state index contributed by atoms with van der Waals surface area (Å²) in [7, 11) is 1.94. The zero-order chi connectivity index (χ0) is 11.3. The van der Waals surface area contributed by atoms with Crippen molar-refractivity contribution < 1.29 is 0 Å². The molecule has 1 unspecified atom stereocenters. The molecule has 0 saturated carbocycles. The predicted octanol–water partition coefficient (Wildman–Crippen LogP) is 3.32. The van der Waals surface area contributed by atoms with Gasteiger partial charge in [-0.2, -0.15) is 0 Å². The van der Waals surface area contributed by atoms with Crippen molar-refractivity contribution >= 4 is 11.6 Å². The second kappa shape index (κ2) is 5.80. The van der Waals surface area contributed by atoms with E-state index in [1.54, 1.807) is 0 Å². The van der Waals surface area contributed by atoms with Crippen LogP contribution in [0.3, 0.4) is 0 Å². The molecule has 0 fully saturated rings. The largest absolute Gasteiger partial charge is 0.313 e. The van der Waals surface area contributed by atoms with Gasteiger partial charge in [0.05, 0.1) is 0 Å². The Labute approximate surface area is 96.8 Å². The van der Waals surface area contributed by atoms with Gasteiger partial charge >= 0.3 is 0 Å². The second-order valence-corrected chi connectivity index (χ2v) is 4.08. The third-order valence-corrected chi connectivity index (χ3v) is 2.61. The summed E-state index contributed by atoms with van der Waals surface area (Å²) in [4.78, 5) is 0. The van der Waals surface area contributed by atoms with Gasteiger partial charge in [-0.1, -0.05) is 17.7 Å². The standard InChI is InChI=1S/C13H16ClN/c1-4-5-6-13(15-3)11-7-10(2)8-12(14)9-11/h1,7-9,13,15H,5-6H2,2-3H3. The van der Waals surface area contributed by atoms with E-state index in [2.05, 4.69) is 17.3 Å². The minimum Gasteiger partial charge on any atom is -0.313 e. The minimum atomic E-state index is 0.290. The second-order valence-electron chi connectivity index (χ2n) is 3.65. The lowest BCUT2D eigenvalue weighted by molar-refractivity contribution is 0.558. The normalized spacial score (nSPS) is 12.1. The summed E-state index contributed by atoms with van der Waals surface area (Å²) < 4.78 is 0. The molecule has 0 aliphatic heterocycles. The molecule has 1 N–H and O–H groups in total. The van der Waals surface area contributed by atoms with E-state index in [-0.39, 0.29) is 0 Å². The zero-order valence-electron chi connectivity index (χ0n) is 9.18. The van der Waals surface area contributed by atoms with Crippen LogP contribution in [0, 0.1) is 19.3 Å². The molecule has 0 radical (unpaired) electrons. The molecule has 1 aromatic carbocycles. The smallest absolute Gasteiger partial charge is 0.0411 e. The van der Waals surface area contributed by atoms with Crippen LogP contribution in [0.2, 0.25) is 5.02 Å². The van der Waals surface area contributed by atoms with Crippen molar-refractivity contribution in [3.05, 3.63) is 34.3 Å². The van der Waals surface area contributed by atoms with E-state index in [4.69, 9.17) is 18.0 Å². The maximum atomic E-state index is 6.02. The third-order valence-electron chi connectivity index (χ3n) is 2.39. The summed E-state index contributed by atoms with van der Waals surface area (Å²) in [5.41, 5.74) is 2.39. The van der Waals surface area contributed by atoms with Crippen molar-refractivity contribution in [2.45, 2.75) is 25.8 Å². The Bertz CT molecular complexity index is 345. The van der Waals surface area contributed by atoms with E-state index in [0.717, 1.165) is 17.9 Å².